The molecule has 1 heterocycles. The molecule has 1 aromatic carbocycles. The van der Waals surface area contributed by atoms with Gasteiger partial charge in [-0.2, -0.15) is 5.10 Å². The van der Waals surface area contributed by atoms with Crippen molar-refractivity contribution >= 4 is 0 Å². The van der Waals surface area contributed by atoms with Crippen molar-refractivity contribution in [2.24, 2.45) is 0 Å². The molecule has 3 heteroatoms. The molecule has 1 aromatic heterocycles. The Morgan fingerprint density at radius 3 is 2.80 bits per heavy atom. The number of hydrogen-bond acceptors (Lipinski definition) is 2. The van der Waals surface area contributed by atoms with Gasteiger partial charge in [0.25, 0.3) is 0 Å². The Balaban J connectivity index is 2.17. The van der Waals surface area contributed by atoms with Gasteiger partial charge in [-0.05, 0) is 44.9 Å². The van der Waals surface area contributed by atoms with Crippen molar-refractivity contribution < 1.29 is 0 Å². The molecule has 3 nitrogen and oxygen atoms in total. The van der Waals surface area contributed by atoms with Crippen LogP contribution in [0.4, 0.5) is 0 Å². The van der Waals surface area contributed by atoms with Crippen LogP contribution < -0.4 is 5.32 Å². The molecule has 0 bridgehead atoms. The van der Waals surface area contributed by atoms with Crippen molar-refractivity contribution in [1.82, 2.24) is 15.1 Å². The molecule has 2 rings (SSSR count). The number of hydrogen-bond donors (Lipinski definition) is 1. The fourth-order valence-corrected chi connectivity index (χ4v) is 2.54. The zero-order valence-corrected chi connectivity index (χ0v) is 13.0. The SMILES string of the molecule is CCCn1cc(C(Cc2cc(C)ccc2C)NC)cn1. The third kappa shape index (κ3) is 3.48. The third-order valence-corrected chi connectivity index (χ3v) is 3.79. The van der Waals surface area contributed by atoms with Crippen LogP contribution in [0, 0.1) is 13.8 Å². The average Bonchev–Trinajstić information content (AvgIpc) is 2.88. The summed E-state index contributed by atoms with van der Waals surface area (Å²) in [5.74, 6) is 0. The molecule has 2 aromatic rings. The van der Waals surface area contributed by atoms with Crippen molar-refractivity contribution in [3.63, 3.8) is 0 Å². The number of nitrogens with zero attached hydrogens (tertiary/aromatic N) is 2. The van der Waals surface area contributed by atoms with Crippen LogP contribution in [0.2, 0.25) is 0 Å². The van der Waals surface area contributed by atoms with Gasteiger partial charge in [0.15, 0.2) is 0 Å². The van der Waals surface area contributed by atoms with Crippen LogP contribution >= 0.6 is 0 Å². The van der Waals surface area contributed by atoms with E-state index in [1.807, 2.05) is 17.9 Å². The first kappa shape index (κ1) is 14.8. The van der Waals surface area contributed by atoms with E-state index in [1.54, 1.807) is 0 Å². The second kappa shape index (κ2) is 6.71. The second-order valence-corrected chi connectivity index (χ2v) is 5.51. The fraction of sp³-hybridized carbons (Fsp3) is 0.471. The van der Waals surface area contributed by atoms with E-state index in [2.05, 4.69) is 55.6 Å². The maximum absolute atomic E-state index is 4.43. The van der Waals surface area contributed by atoms with E-state index in [0.717, 1.165) is 19.4 Å². The van der Waals surface area contributed by atoms with Crippen molar-refractivity contribution in [2.75, 3.05) is 7.05 Å². The Hall–Kier alpha value is -1.61. The minimum absolute atomic E-state index is 0.320. The molecular weight excluding hydrogens is 246 g/mol. The molecule has 0 radical (unpaired) electrons. The topological polar surface area (TPSA) is 29.9 Å². The number of nitrogens with one attached hydrogen (secondary N) is 1. The highest BCUT2D eigenvalue weighted by Crippen LogP contribution is 2.21. The van der Waals surface area contributed by atoms with Crippen LogP contribution in [0.5, 0.6) is 0 Å². The Bertz CT molecular complexity index is 557. The Morgan fingerprint density at radius 1 is 1.30 bits per heavy atom. The minimum atomic E-state index is 0.320. The standard InChI is InChI=1S/C17H25N3/c1-5-8-20-12-16(11-19-20)17(18-4)10-15-9-13(2)6-7-14(15)3/h6-7,9,11-12,17-18H,5,8,10H2,1-4H3. The second-order valence-electron chi connectivity index (χ2n) is 5.51. The van der Waals surface area contributed by atoms with Crippen LogP contribution in [-0.2, 0) is 13.0 Å². The average molecular weight is 271 g/mol. The largest absolute Gasteiger partial charge is 0.313 e. The van der Waals surface area contributed by atoms with Crippen LogP contribution in [0.15, 0.2) is 30.6 Å². The van der Waals surface area contributed by atoms with E-state index >= 15 is 0 Å². The Labute approximate surface area is 122 Å². The summed E-state index contributed by atoms with van der Waals surface area (Å²) in [5.41, 5.74) is 5.35. The quantitative estimate of drug-likeness (QED) is 0.872. The summed E-state index contributed by atoms with van der Waals surface area (Å²) in [4.78, 5) is 0. The molecule has 0 fully saturated rings. The Kier molecular flexibility index (Phi) is 4.96. The molecule has 0 amide bonds. The van der Waals surface area contributed by atoms with Crippen LogP contribution in [0.3, 0.4) is 0 Å². The summed E-state index contributed by atoms with van der Waals surface area (Å²) in [7, 11) is 2.02. The zero-order chi connectivity index (χ0) is 14.5. The Morgan fingerprint density at radius 2 is 2.10 bits per heavy atom. The van der Waals surface area contributed by atoms with E-state index in [4.69, 9.17) is 0 Å². The predicted molar refractivity (Wildman–Crippen MR) is 83.9 cm³/mol. The molecule has 108 valence electrons. The number of benzene rings is 1. The summed E-state index contributed by atoms with van der Waals surface area (Å²) in [6.07, 6.45) is 6.27. The number of aryl methyl sites for hydroxylation is 3. The van der Waals surface area contributed by atoms with Crippen LogP contribution in [0.25, 0.3) is 0 Å². The van der Waals surface area contributed by atoms with E-state index in [9.17, 15) is 0 Å². The minimum Gasteiger partial charge on any atom is -0.313 e. The number of rotatable bonds is 6. The molecule has 1 atom stereocenters. The fourth-order valence-electron chi connectivity index (χ4n) is 2.54. The van der Waals surface area contributed by atoms with Gasteiger partial charge >= 0.3 is 0 Å². The van der Waals surface area contributed by atoms with Gasteiger partial charge in [0.05, 0.1) is 6.20 Å². The van der Waals surface area contributed by atoms with Gasteiger partial charge in [-0.1, -0.05) is 30.7 Å². The summed E-state index contributed by atoms with van der Waals surface area (Å²) >= 11 is 0. The zero-order valence-electron chi connectivity index (χ0n) is 13.0. The van der Waals surface area contributed by atoms with Gasteiger partial charge in [0, 0.05) is 24.3 Å². The summed E-state index contributed by atoms with van der Waals surface area (Å²) in [6.45, 7) is 7.49. The molecule has 0 aliphatic heterocycles. The van der Waals surface area contributed by atoms with Crippen molar-refractivity contribution in [3.8, 4) is 0 Å². The lowest BCUT2D eigenvalue weighted by atomic mass is 9.96. The van der Waals surface area contributed by atoms with E-state index in [1.165, 1.54) is 22.3 Å². The summed E-state index contributed by atoms with van der Waals surface area (Å²) in [5, 5.41) is 7.85. The monoisotopic (exact) mass is 271 g/mol. The molecule has 1 N–H and O–H groups in total. The summed E-state index contributed by atoms with van der Waals surface area (Å²) < 4.78 is 2.03. The molecule has 0 saturated carbocycles. The number of likely N-dealkylation sites (N-methyl/N-ethyl adjacent to an activating group) is 1. The van der Waals surface area contributed by atoms with Gasteiger partial charge in [-0.3, -0.25) is 4.68 Å². The molecule has 0 aliphatic rings. The lowest BCUT2D eigenvalue weighted by Gasteiger charge is -2.16. The van der Waals surface area contributed by atoms with Gasteiger partial charge in [-0.15, -0.1) is 0 Å². The van der Waals surface area contributed by atoms with Gasteiger partial charge in [0.2, 0.25) is 0 Å². The smallest absolute Gasteiger partial charge is 0.0537 e. The first-order chi connectivity index (χ1) is 9.63. The number of aromatic nitrogens is 2. The van der Waals surface area contributed by atoms with E-state index in [0.29, 0.717) is 6.04 Å². The van der Waals surface area contributed by atoms with E-state index in [-0.39, 0.29) is 0 Å². The highest BCUT2D eigenvalue weighted by molar-refractivity contribution is 5.32. The highest BCUT2D eigenvalue weighted by Gasteiger charge is 2.13. The maximum Gasteiger partial charge on any atom is 0.0537 e. The predicted octanol–water partition coefficient (Wildman–Crippen LogP) is 3.41. The molecular formula is C17H25N3. The van der Waals surface area contributed by atoms with Crippen LogP contribution in [-0.4, -0.2) is 16.8 Å². The van der Waals surface area contributed by atoms with Crippen molar-refractivity contribution in [3.05, 3.63) is 52.8 Å². The lowest BCUT2D eigenvalue weighted by molar-refractivity contribution is 0.581. The molecule has 0 saturated heterocycles. The first-order valence-corrected chi connectivity index (χ1v) is 7.39. The van der Waals surface area contributed by atoms with Gasteiger partial charge in [-0.25, -0.2) is 0 Å². The van der Waals surface area contributed by atoms with Gasteiger partial charge in [0.1, 0.15) is 0 Å². The summed E-state index contributed by atoms with van der Waals surface area (Å²) in [6, 6.07) is 6.99. The highest BCUT2D eigenvalue weighted by atomic mass is 15.3. The maximum atomic E-state index is 4.43. The van der Waals surface area contributed by atoms with Crippen molar-refractivity contribution in [1.29, 1.82) is 0 Å². The molecule has 1 unspecified atom stereocenters. The lowest BCUT2D eigenvalue weighted by Crippen LogP contribution is -2.19. The molecule has 0 spiro atoms. The third-order valence-electron chi connectivity index (χ3n) is 3.79. The van der Waals surface area contributed by atoms with E-state index < -0.39 is 0 Å². The first-order valence-electron chi connectivity index (χ1n) is 7.39. The normalized spacial score (nSPS) is 12.6. The van der Waals surface area contributed by atoms with Gasteiger partial charge < -0.3 is 5.32 Å². The molecule has 0 aliphatic carbocycles. The molecule has 20 heavy (non-hydrogen) atoms. The van der Waals surface area contributed by atoms with Crippen LogP contribution in [0.1, 0.15) is 41.6 Å². The van der Waals surface area contributed by atoms with Crippen molar-refractivity contribution in [2.45, 2.75) is 46.2 Å².